The van der Waals surface area contributed by atoms with E-state index in [4.69, 9.17) is 4.74 Å². The molecule has 0 saturated carbocycles. The van der Waals surface area contributed by atoms with E-state index in [2.05, 4.69) is 10.3 Å². The van der Waals surface area contributed by atoms with E-state index in [1.165, 1.54) is 50.2 Å². The highest BCUT2D eigenvalue weighted by Gasteiger charge is 2.35. The Labute approximate surface area is 168 Å². The summed E-state index contributed by atoms with van der Waals surface area (Å²) in [6.45, 7) is 2.99. The lowest BCUT2D eigenvalue weighted by molar-refractivity contribution is -0.138. The second kappa shape index (κ2) is 8.10. The molecule has 1 amide bonds. The summed E-state index contributed by atoms with van der Waals surface area (Å²) in [5.74, 6) is -3.84. The van der Waals surface area contributed by atoms with Gasteiger partial charge in [0.1, 0.15) is 11.3 Å². The SMILES string of the molecule is Cc1ccc(C(F)(F)F)c(Oc2ccc(NC(=O)c3c(C)ccc(F)c3F)cc2)n1. The number of pyridine rings is 1. The van der Waals surface area contributed by atoms with Crippen molar-refractivity contribution in [3.63, 3.8) is 0 Å². The van der Waals surface area contributed by atoms with Crippen LogP contribution in [0.5, 0.6) is 11.6 Å². The number of carbonyl (C=O) groups is 1. The Bertz CT molecular complexity index is 1100. The molecule has 0 unspecified atom stereocenters. The first kappa shape index (κ1) is 21.2. The van der Waals surface area contributed by atoms with E-state index >= 15 is 0 Å². The van der Waals surface area contributed by atoms with Gasteiger partial charge >= 0.3 is 6.18 Å². The number of carbonyl (C=O) groups excluding carboxylic acids is 1. The molecule has 3 rings (SSSR count). The molecule has 4 nitrogen and oxygen atoms in total. The van der Waals surface area contributed by atoms with Gasteiger partial charge in [0, 0.05) is 11.4 Å². The Morgan fingerprint density at radius 3 is 2.27 bits per heavy atom. The topological polar surface area (TPSA) is 51.2 Å². The Morgan fingerprint density at radius 2 is 1.63 bits per heavy atom. The fourth-order valence-corrected chi connectivity index (χ4v) is 2.66. The molecule has 0 spiro atoms. The predicted octanol–water partition coefficient (Wildman–Crippen LogP) is 6.04. The van der Waals surface area contributed by atoms with Crippen molar-refractivity contribution in [3.05, 3.63) is 82.5 Å². The van der Waals surface area contributed by atoms with Crippen LogP contribution >= 0.6 is 0 Å². The predicted molar refractivity (Wildman–Crippen MR) is 99.5 cm³/mol. The van der Waals surface area contributed by atoms with Crippen LogP contribution in [0.3, 0.4) is 0 Å². The van der Waals surface area contributed by atoms with Crippen LogP contribution in [0.2, 0.25) is 0 Å². The van der Waals surface area contributed by atoms with Gasteiger partial charge in [0.15, 0.2) is 11.6 Å². The molecular weight excluding hydrogens is 407 g/mol. The van der Waals surface area contributed by atoms with Gasteiger partial charge in [-0.3, -0.25) is 4.79 Å². The summed E-state index contributed by atoms with van der Waals surface area (Å²) in [7, 11) is 0. The van der Waals surface area contributed by atoms with Crippen LogP contribution in [-0.2, 0) is 6.18 Å². The summed E-state index contributed by atoms with van der Waals surface area (Å²) in [4.78, 5) is 16.1. The molecule has 0 saturated heterocycles. The van der Waals surface area contributed by atoms with Gasteiger partial charge in [-0.25, -0.2) is 13.8 Å². The summed E-state index contributed by atoms with van der Waals surface area (Å²) in [6.07, 6.45) is -4.64. The van der Waals surface area contributed by atoms with Crippen LogP contribution in [0.4, 0.5) is 27.6 Å². The molecule has 30 heavy (non-hydrogen) atoms. The van der Waals surface area contributed by atoms with Crippen LogP contribution in [-0.4, -0.2) is 10.9 Å². The lowest BCUT2D eigenvalue weighted by Gasteiger charge is -2.14. The Balaban J connectivity index is 1.79. The number of ether oxygens (including phenoxy) is 1. The van der Waals surface area contributed by atoms with Crippen molar-refractivity contribution >= 4 is 11.6 Å². The number of aromatic nitrogens is 1. The fraction of sp³-hybridized carbons (Fsp3) is 0.143. The number of hydrogen-bond donors (Lipinski definition) is 1. The number of aryl methyl sites for hydroxylation is 2. The maximum atomic E-state index is 13.9. The Morgan fingerprint density at radius 1 is 0.967 bits per heavy atom. The quantitative estimate of drug-likeness (QED) is 0.522. The van der Waals surface area contributed by atoms with Gasteiger partial charge in [-0.05, 0) is 61.9 Å². The van der Waals surface area contributed by atoms with Crippen LogP contribution < -0.4 is 10.1 Å². The molecule has 1 aromatic heterocycles. The lowest BCUT2D eigenvalue weighted by Crippen LogP contribution is -2.16. The molecule has 0 aliphatic carbocycles. The van der Waals surface area contributed by atoms with Crippen molar-refractivity contribution in [2.24, 2.45) is 0 Å². The number of nitrogens with one attached hydrogen (secondary N) is 1. The van der Waals surface area contributed by atoms with Crippen LogP contribution in [0.1, 0.15) is 27.2 Å². The number of benzene rings is 2. The smallest absolute Gasteiger partial charge is 0.421 e. The second-order valence-corrected chi connectivity index (χ2v) is 6.44. The number of anilines is 1. The lowest BCUT2D eigenvalue weighted by atomic mass is 10.1. The summed E-state index contributed by atoms with van der Waals surface area (Å²) < 4.78 is 72.0. The van der Waals surface area contributed by atoms with Gasteiger partial charge in [-0.1, -0.05) is 6.07 Å². The first-order valence-corrected chi connectivity index (χ1v) is 8.65. The molecule has 0 bridgehead atoms. The van der Waals surface area contributed by atoms with E-state index in [0.717, 1.165) is 12.1 Å². The number of alkyl halides is 3. The van der Waals surface area contributed by atoms with E-state index in [-0.39, 0.29) is 17.0 Å². The van der Waals surface area contributed by atoms with Crippen LogP contribution in [0.15, 0.2) is 48.5 Å². The first-order valence-electron chi connectivity index (χ1n) is 8.65. The van der Waals surface area contributed by atoms with Crippen molar-refractivity contribution in [2.45, 2.75) is 20.0 Å². The highest BCUT2D eigenvalue weighted by atomic mass is 19.4. The molecule has 1 heterocycles. The van der Waals surface area contributed by atoms with Crippen LogP contribution in [0, 0.1) is 25.5 Å². The molecule has 156 valence electrons. The number of rotatable bonds is 4. The zero-order valence-electron chi connectivity index (χ0n) is 15.8. The van der Waals surface area contributed by atoms with E-state index < -0.39 is 40.7 Å². The largest absolute Gasteiger partial charge is 0.438 e. The fourth-order valence-electron chi connectivity index (χ4n) is 2.66. The minimum Gasteiger partial charge on any atom is -0.438 e. The molecule has 2 aromatic carbocycles. The molecule has 0 fully saturated rings. The summed E-state index contributed by atoms with van der Waals surface area (Å²) in [5, 5.41) is 2.41. The highest BCUT2D eigenvalue weighted by Crippen LogP contribution is 2.37. The Hall–Kier alpha value is -3.49. The van der Waals surface area contributed by atoms with Crippen molar-refractivity contribution in [1.82, 2.24) is 4.98 Å². The number of amides is 1. The first-order chi connectivity index (χ1) is 14.1. The van der Waals surface area contributed by atoms with E-state index in [9.17, 15) is 26.7 Å². The average Bonchev–Trinajstić information content (AvgIpc) is 2.66. The summed E-state index contributed by atoms with van der Waals surface area (Å²) in [5.41, 5.74) is -0.661. The number of halogens is 5. The number of nitrogens with zero attached hydrogens (tertiary/aromatic N) is 1. The molecule has 0 radical (unpaired) electrons. The standard InChI is InChI=1S/C21H15F5N2O2/c1-11-3-10-16(22)18(23)17(11)19(29)28-13-5-7-14(8-6-13)30-20-15(21(24,25)26)9-4-12(2)27-20/h3-10H,1-2H3,(H,28,29). The molecule has 0 aliphatic heterocycles. The van der Waals surface area contributed by atoms with Crippen molar-refractivity contribution in [3.8, 4) is 11.6 Å². The van der Waals surface area contributed by atoms with Crippen LogP contribution in [0.25, 0.3) is 0 Å². The van der Waals surface area contributed by atoms with E-state index in [0.29, 0.717) is 5.69 Å². The highest BCUT2D eigenvalue weighted by molar-refractivity contribution is 6.05. The monoisotopic (exact) mass is 422 g/mol. The minimum absolute atomic E-state index is 0.0460. The number of hydrogen-bond acceptors (Lipinski definition) is 3. The van der Waals surface area contributed by atoms with Gasteiger partial charge in [-0.2, -0.15) is 13.2 Å². The van der Waals surface area contributed by atoms with Crippen molar-refractivity contribution < 1.29 is 31.5 Å². The Kier molecular flexibility index (Phi) is 5.73. The molecule has 0 atom stereocenters. The van der Waals surface area contributed by atoms with Crippen molar-refractivity contribution in [1.29, 1.82) is 0 Å². The van der Waals surface area contributed by atoms with Gasteiger partial charge in [0.05, 0.1) is 5.56 Å². The van der Waals surface area contributed by atoms with Gasteiger partial charge in [-0.15, -0.1) is 0 Å². The van der Waals surface area contributed by atoms with E-state index in [1.54, 1.807) is 0 Å². The zero-order chi connectivity index (χ0) is 22.1. The van der Waals surface area contributed by atoms with Gasteiger partial charge < -0.3 is 10.1 Å². The van der Waals surface area contributed by atoms with Gasteiger partial charge in [0.2, 0.25) is 5.88 Å². The second-order valence-electron chi connectivity index (χ2n) is 6.44. The third kappa shape index (κ3) is 4.56. The van der Waals surface area contributed by atoms with Gasteiger partial charge in [0.25, 0.3) is 5.91 Å². The molecule has 1 N–H and O–H groups in total. The third-order valence-corrected chi connectivity index (χ3v) is 4.16. The maximum Gasteiger partial charge on any atom is 0.421 e. The molecule has 9 heteroatoms. The third-order valence-electron chi connectivity index (χ3n) is 4.16. The van der Waals surface area contributed by atoms with Crippen molar-refractivity contribution in [2.75, 3.05) is 5.32 Å². The average molecular weight is 422 g/mol. The normalized spacial score (nSPS) is 11.3. The summed E-state index contributed by atoms with van der Waals surface area (Å²) >= 11 is 0. The molecular formula is C21H15F5N2O2. The maximum absolute atomic E-state index is 13.9. The zero-order valence-corrected chi connectivity index (χ0v) is 15.8. The molecule has 0 aliphatic rings. The van der Waals surface area contributed by atoms with E-state index in [1.807, 2.05) is 0 Å². The summed E-state index contributed by atoms with van der Waals surface area (Å²) in [6, 6.07) is 9.62. The minimum atomic E-state index is -4.64. The molecule has 3 aromatic rings.